The van der Waals surface area contributed by atoms with Gasteiger partial charge in [-0.2, -0.15) is 0 Å². The van der Waals surface area contributed by atoms with Crippen LogP contribution >= 0.6 is 0 Å². The second kappa shape index (κ2) is 5.31. The Hall–Kier alpha value is -3.02. The van der Waals surface area contributed by atoms with Crippen LogP contribution in [0.1, 0.15) is 16.1 Å². The first-order valence-electron chi connectivity index (χ1n) is 6.75. The van der Waals surface area contributed by atoms with Gasteiger partial charge >= 0.3 is 5.97 Å². The number of aromatic carboxylic acids is 1. The third-order valence-corrected chi connectivity index (χ3v) is 3.70. The maximum absolute atomic E-state index is 14.1. The lowest BCUT2D eigenvalue weighted by Crippen LogP contribution is -2.25. The van der Waals surface area contributed by atoms with Gasteiger partial charge in [0.2, 0.25) is 0 Å². The Morgan fingerprint density at radius 2 is 1.74 bits per heavy atom. The Morgan fingerprint density at radius 3 is 2.35 bits per heavy atom. The zero-order valence-electron chi connectivity index (χ0n) is 12.0. The summed E-state index contributed by atoms with van der Waals surface area (Å²) in [7, 11) is 0. The second-order valence-corrected chi connectivity index (χ2v) is 5.04. The Morgan fingerprint density at radius 1 is 1.09 bits per heavy atom. The summed E-state index contributed by atoms with van der Waals surface area (Å²) >= 11 is 0. The van der Waals surface area contributed by atoms with Gasteiger partial charge < -0.3 is 5.11 Å². The summed E-state index contributed by atoms with van der Waals surface area (Å²) in [5.41, 5.74) is -0.440. The molecular formula is C17H11F2NO3. The lowest BCUT2D eigenvalue weighted by atomic mass is 10.0. The smallest absolute Gasteiger partial charge is 0.338 e. The molecule has 0 aliphatic heterocycles. The number of pyridine rings is 1. The van der Waals surface area contributed by atoms with Gasteiger partial charge in [0.15, 0.2) is 0 Å². The van der Waals surface area contributed by atoms with E-state index in [1.807, 2.05) is 0 Å². The van der Waals surface area contributed by atoms with Gasteiger partial charge in [-0.05, 0) is 37.3 Å². The summed E-state index contributed by atoms with van der Waals surface area (Å²) in [5.74, 6) is -2.57. The molecule has 2 aromatic carbocycles. The number of carboxylic acid groups (broad SMARTS) is 1. The largest absolute Gasteiger partial charge is 0.478 e. The van der Waals surface area contributed by atoms with Crippen molar-refractivity contribution in [3.05, 3.63) is 75.7 Å². The predicted molar refractivity (Wildman–Crippen MR) is 81.2 cm³/mol. The van der Waals surface area contributed by atoms with E-state index in [0.29, 0.717) is 0 Å². The van der Waals surface area contributed by atoms with E-state index in [1.54, 1.807) is 0 Å². The molecule has 0 atom stereocenters. The van der Waals surface area contributed by atoms with E-state index >= 15 is 0 Å². The average molecular weight is 315 g/mol. The maximum atomic E-state index is 14.1. The van der Waals surface area contributed by atoms with Gasteiger partial charge in [-0.1, -0.05) is 12.1 Å². The van der Waals surface area contributed by atoms with E-state index in [2.05, 4.69) is 0 Å². The molecular weight excluding hydrogens is 304 g/mol. The van der Waals surface area contributed by atoms with E-state index in [9.17, 15) is 23.5 Å². The highest BCUT2D eigenvalue weighted by atomic mass is 19.1. The molecule has 0 saturated heterocycles. The minimum absolute atomic E-state index is 0.0401. The van der Waals surface area contributed by atoms with Crippen molar-refractivity contribution in [3.8, 4) is 5.69 Å². The Bertz CT molecular complexity index is 991. The first-order valence-corrected chi connectivity index (χ1v) is 6.75. The van der Waals surface area contributed by atoms with Crippen LogP contribution in [0, 0.1) is 18.6 Å². The number of carbonyl (C=O) groups is 1. The third kappa shape index (κ3) is 2.28. The van der Waals surface area contributed by atoms with Gasteiger partial charge in [0.25, 0.3) is 5.56 Å². The van der Waals surface area contributed by atoms with Crippen LogP contribution in [0.15, 0.2) is 47.3 Å². The van der Waals surface area contributed by atoms with Crippen molar-refractivity contribution in [2.75, 3.05) is 0 Å². The number of nitrogens with zero attached hydrogens (tertiary/aromatic N) is 1. The van der Waals surface area contributed by atoms with Crippen LogP contribution in [0.5, 0.6) is 0 Å². The van der Waals surface area contributed by atoms with Crippen molar-refractivity contribution in [2.45, 2.75) is 6.92 Å². The molecule has 116 valence electrons. The van der Waals surface area contributed by atoms with Crippen molar-refractivity contribution in [3.63, 3.8) is 0 Å². The molecule has 0 radical (unpaired) electrons. The molecule has 0 saturated carbocycles. The fourth-order valence-electron chi connectivity index (χ4n) is 2.69. The summed E-state index contributed by atoms with van der Waals surface area (Å²) in [5, 5.41) is 9.20. The van der Waals surface area contributed by atoms with Crippen molar-refractivity contribution >= 4 is 16.7 Å². The SMILES string of the molecule is Cc1c(C(=O)O)c2cccc(F)c2c(=O)n1-c1ccc(F)cc1. The summed E-state index contributed by atoms with van der Waals surface area (Å²) in [6.45, 7) is 1.46. The molecule has 0 fully saturated rings. The molecule has 0 unspecified atom stereocenters. The van der Waals surface area contributed by atoms with Gasteiger partial charge in [-0.25, -0.2) is 13.6 Å². The lowest BCUT2D eigenvalue weighted by molar-refractivity contribution is 0.0697. The van der Waals surface area contributed by atoms with Gasteiger partial charge in [-0.3, -0.25) is 9.36 Å². The summed E-state index contributed by atoms with van der Waals surface area (Å²) in [6.07, 6.45) is 0. The molecule has 1 aromatic heterocycles. The highest BCUT2D eigenvalue weighted by Gasteiger charge is 2.21. The fourth-order valence-corrected chi connectivity index (χ4v) is 2.69. The van der Waals surface area contributed by atoms with Crippen molar-refractivity contribution < 1.29 is 18.7 Å². The van der Waals surface area contributed by atoms with Crippen molar-refractivity contribution in [1.82, 2.24) is 4.57 Å². The first-order chi connectivity index (χ1) is 10.9. The third-order valence-electron chi connectivity index (χ3n) is 3.70. The summed E-state index contributed by atoms with van der Waals surface area (Å²) < 4.78 is 28.3. The monoisotopic (exact) mass is 315 g/mol. The second-order valence-electron chi connectivity index (χ2n) is 5.04. The summed E-state index contributed by atoms with van der Waals surface area (Å²) in [6, 6.07) is 8.81. The van der Waals surface area contributed by atoms with E-state index in [1.165, 1.54) is 31.2 Å². The normalized spacial score (nSPS) is 10.9. The van der Waals surface area contributed by atoms with Crippen LogP contribution in [0.3, 0.4) is 0 Å². The maximum Gasteiger partial charge on any atom is 0.338 e. The number of fused-ring (bicyclic) bond motifs is 1. The van der Waals surface area contributed by atoms with E-state index < -0.39 is 23.2 Å². The van der Waals surface area contributed by atoms with E-state index in [4.69, 9.17) is 0 Å². The Balaban J connectivity index is 2.53. The zero-order chi connectivity index (χ0) is 16.7. The standard InChI is InChI=1S/C17H11F2NO3/c1-9-14(17(22)23)12-3-2-4-13(19)15(12)16(21)20(9)11-7-5-10(18)6-8-11/h2-8H,1H3,(H,22,23). The van der Waals surface area contributed by atoms with Gasteiger partial charge in [0.1, 0.15) is 11.6 Å². The molecule has 0 amide bonds. The molecule has 23 heavy (non-hydrogen) atoms. The topological polar surface area (TPSA) is 59.3 Å². The molecule has 0 spiro atoms. The zero-order valence-corrected chi connectivity index (χ0v) is 12.0. The number of aromatic nitrogens is 1. The van der Waals surface area contributed by atoms with Crippen molar-refractivity contribution in [2.24, 2.45) is 0 Å². The molecule has 4 nitrogen and oxygen atoms in total. The number of halogens is 2. The Labute approximate surface area is 129 Å². The van der Waals surface area contributed by atoms with Crippen LogP contribution in [-0.4, -0.2) is 15.6 Å². The molecule has 3 rings (SSSR count). The number of rotatable bonds is 2. The van der Waals surface area contributed by atoms with Crippen LogP contribution in [-0.2, 0) is 0 Å². The number of carboxylic acids is 1. The highest BCUT2D eigenvalue weighted by molar-refractivity contribution is 6.04. The highest BCUT2D eigenvalue weighted by Crippen LogP contribution is 2.23. The summed E-state index contributed by atoms with van der Waals surface area (Å²) in [4.78, 5) is 24.3. The number of hydrogen-bond donors (Lipinski definition) is 1. The molecule has 6 heteroatoms. The van der Waals surface area contributed by atoms with Crippen molar-refractivity contribution in [1.29, 1.82) is 0 Å². The fraction of sp³-hybridized carbons (Fsp3) is 0.0588. The molecule has 1 N–H and O–H groups in total. The van der Waals surface area contributed by atoms with Crippen LogP contribution in [0.2, 0.25) is 0 Å². The predicted octanol–water partition coefficient (Wildman–Crippen LogP) is 3.28. The minimum Gasteiger partial charge on any atom is -0.478 e. The van der Waals surface area contributed by atoms with Gasteiger partial charge in [0.05, 0.1) is 10.9 Å². The van der Waals surface area contributed by atoms with Gasteiger partial charge in [-0.15, -0.1) is 0 Å². The quantitative estimate of drug-likeness (QED) is 0.789. The van der Waals surface area contributed by atoms with Crippen LogP contribution in [0.4, 0.5) is 8.78 Å². The first kappa shape index (κ1) is 14.9. The molecule has 1 heterocycles. The Kier molecular flexibility index (Phi) is 3.44. The number of benzene rings is 2. The van der Waals surface area contributed by atoms with E-state index in [0.717, 1.165) is 22.8 Å². The molecule has 3 aromatic rings. The van der Waals surface area contributed by atoms with Crippen LogP contribution in [0.25, 0.3) is 16.5 Å². The molecule has 0 aliphatic rings. The minimum atomic E-state index is -1.27. The van der Waals surface area contributed by atoms with Crippen LogP contribution < -0.4 is 5.56 Å². The molecule has 0 aliphatic carbocycles. The van der Waals surface area contributed by atoms with E-state index in [-0.39, 0.29) is 27.7 Å². The van der Waals surface area contributed by atoms with Gasteiger partial charge in [0, 0.05) is 16.8 Å². The average Bonchev–Trinajstić information content (AvgIpc) is 2.48. The molecule has 0 bridgehead atoms. The lowest BCUT2D eigenvalue weighted by Gasteiger charge is -2.15. The number of hydrogen-bond acceptors (Lipinski definition) is 2.